The molecule has 0 aliphatic carbocycles. The van der Waals surface area contributed by atoms with Crippen LogP contribution in [-0.2, 0) is 16.0 Å². The SMILES string of the molecule is O=C(O)[C@H](O)c1cccc(CCOCCCCBr)c1. The van der Waals surface area contributed by atoms with E-state index in [1.807, 2.05) is 6.07 Å². The van der Waals surface area contributed by atoms with E-state index in [0.717, 1.165) is 30.3 Å². The van der Waals surface area contributed by atoms with E-state index in [-0.39, 0.29) is 0 Å². The van der Waals surface area contributed by atoms with Gasteiger partial charge in [-0.05, 0) is 30.4 Å². The van der Waals surface area contributed by atoms with Crippen molar-refractivity contribution in [1.82, 2.24) is 0 Å². The van der Waals surface area contributed by atoms with Crippen LogP contribution < -0.4 is 0 Å². The number of halogens is 1. The minimum atomic E-state index is -1.46. The predicted molar refractivity (Wildman–Crippen MR) is 76.6 cm³/mol. The van der Waals surface area contributed by atoms with Crippen molar-refractivity contribution >= 4 is 21.9 Å². The van der Waals surface area contributed by atoms with Crippen molar-refractivity contribution in [3.8, 4) is 0 Å². The number of carboxylic acid groups (broad SMARTS) is 1. The molecule has 0 aliphatic heterocycles. The Morgan fingerprint density at radius 3 is 2.79 bits per heavy atom. The van der Waals surface area contributed by atoms with Crippen LogP contribution in [0.1, 0.15) is 30.1 Å². The fraction of sp³-hybridized carbons (Fsp3) is 0.500. The van der Waals surface area contributed by atoms with Gasteiger partial charge in [-0.15, -0.1) is 0 Å². The molecule has 0 radical (unpaired) electrons. The molecule has 19 heavy (non-hydrogen) atoms. The Kier molecular flexibility index (Phi) is 7.70. The van der Waals surface area contributed by atoms with Crippen LogP contribution >= 0.6 is 15.9 Å². The monoisotopic (exact) mass is 330 g/mol. The summed E-state index contributed by atoms with van der Waals surface area (Å²) >= 11 is 3.36. The second-order valence-electron chi connectivity index (χ2n) is 4.24. The first kappa shape index (κ1) is 16.1. The molecule has 0 heterocycles. The fourth-order valence-electron chi connectivity index (χ4n) is 1.65. The van der Waals surface area contributed by atoms with Crippen molar-refractivity contribution in [2.24, 2.45) is 0 Å². The Balaban J connectivity index is 2.38. The van der Waals surface area contributed by atoms with Crippen LogP contribution in [0.3, 0.4) is 0 Å². The zero-order chi connectivity index (χ0) is 14.1. The normalized spacial score (nSPS) is 12.3. The molecule has 0 saturated carbocycles. The lowest BCUT2D eigenvalue weighted by molar-refractivity contribution is -0.146. The molecule has 0 aromatic heterocycles. The third-order valence-electron chi connectivity index (χ3n) is 2.71. The molecule has 4 nitrogen and oxygen atoms in total. The predicted octanol–water partition coefficient (Wildman–Crippen LogP) is 2.54. The molecule has 2 N–H and O–H groups in total. The first-order valence-corrected chi connectivity index (χ1v) is 7.40. The van der Waals surface area contributed by atoms with Crippen LogP contribution in [0.15, 0.2) is 24.3 Å². The number of unbranched alkanes of at least 4 members (excludes halogenated alkanes) is 1. The molecule has 0 aliphatic rings. The number of aliphatic hydroxyl groups excluding tert-OH is 1. The van der Waals surface area contributed by atoms with Gasteiger partial charge in [0.2, 0.25) is 0 Å². The molecule has 106 valence electrons. The van der Waals surface area contributed by atoms with Gasteiger partial charge in [0, 0.05) is 11.9 Å². The average Bonchev–Trinajstić information content (AvgIpc) is 2.42. The number of ether oxygens (including phenoxy) is 1. The van der Waals surface area contributed by atoms with Crippen molar-refractivity contribution in [1.29, 1.82) is 0 Å². The zero-order valence-corrected chi connectivity index (χ0v) is 12.3. The Hall–Kier alpha value is -0.910. The number of benzene rings is 1. The maximum Gasteiger partial charge on any atom is 0.337 e. The molecule has 0 bridgehead atoms. The van der Waals surface area contributed by atoms with Crippen molar-refractivity contribution in [2.75, 3.05) is 18.5 Å². The largest absolute Gasteiger partial charge is 0.479 e. The van der Waals surface area contributed by atoms with Gasteiger partial charge in [0.1, 0.15) is 0 Å². The molecule has 5 heteroatoms. The molecule has 0 fully saturated rings. The molecule has 0 unspecified atom stereocenters. The van der Waals surface area contributed by atoms with Gasteiger partial charge in [-0.2, -0.15) is 0 Å². The number of hydrogen-bond donors (Lipinski definition) is 2. The van der Waals surface area contributed by atoms with Gasteiger partial charge in [0.25, 0.3) is 0 Å². The molecular formula is C14H19BrO4. The van der Waals surface area contributed by atoms with E-state index in [1.54, 1.807) is 18.2 Å². The highest BCUT2D eigenvalue weighted by Crippen LogP contribution is 2.15. The van der Waals surface area contributed by atoms with E-state index in [9.17, 15) is 9.90 Å². The lowest BCUT2D eigenvalue weighted by atomic mass is 10.0. The van der Waals surface area contributed by atoms with Crippen LogP contribution in [0, 0.1) is 0 Å². The average molecular weight is 331 g/mol. The van der Waals surface area contributed by atoms with Crippen molar-refractivity contribution in [3.63, 3.8) is 0 Å². The Morgan fingerprint density at radius 1 is 1.32 bits per heavy atom. The highest BCUT2D eigenvalue weighted by molar-refractivity contribution is 9.09. The van der Waals surface area contributed by atoms with E-state index in [2.05, 4.69) is 15.9 Å². The molecular weight excluding hydrogens is 312 g/mol. The summed E-state index contributed by atoms with van der Waals surface area (Å²) in [4.78, 5) is 10.7. The van der Waals surface area contributed by atoms with Gasteiger partial charge in [0.05, 0.1) is 6.61 Å². The lowest BCUT2D eigenvalue weighted by Gasteiger charge is -2.08. The highest BCUT2D eigenvalue weighted by atomic mass is 79.9. The minimum absolute atomic E-state index is 0.407. The molecule has 1 atom stereocenters. The number of carboxylic acids is 1. The van der Waals surface area contributed by atoms with Crippen LogP contribution in [0.25, 0.3) is 0 Å². The molecule has 0 spiro atoms. The van der Waals surface area contributed by atoms with E-state index in [0.29, 0.717) is 18.6 Å². The summed E-state index contributed by atoms with van der Waals surface area (Å²) in [7, 11) is 0. The maximum absolute atomic E-state index is 10.7. The highest BCUT2D eigenvalue weighted by Gasteiger charge is 2.15. The maximum atomic E-state index is 10.7. The van der Waals surface area contributed by atoms with E-state index < -0.39 is 12.1 Å². The van der Waals surface area contributed by atoms with Crippen LogP contribution in [0.5, 0.6) is 0 Å². The first-order chi connectivity index (χ1) is 9.15. The number of carbonyl (C=O) groups is 1. The van der Waals surface area contributed by atoms with E-state index in [1.165, 1.54) is 0 Å². The summed E-state index contributed by atoms with van der Waals surface area (Å²) in [5, 5.41) is 19.2. The Bertz CT molecular complexity index is 395. The molecule has 0 amide bonds. The van der Waals surface area contributed by atoms with E-state index >= 15 is 0 Å². The summed E-state index contributed by atoms with van der Waals surface area (Å²) in [5.41, 5.74) is 1.38. The standard InChI is InChI=1S/C14H19BrO4/c15-7-1-2-8-19-9-6-11-4-3-5-12(10-11)13(16)14(17)18/h3-5,10,13,16H,1-2,6-9H2,(H,17,18)/t13-/m1/s1. The van der Waals surface area contributed by atoms with Crippen molar-refractivity contribution in [2.45, 2.75) is 25.4 Å². The molecule has 1 rings (SSSR count). The van der Waals surface area contributed by atoms with Gasteiger partial charge in [-0.3, -0.25) is 0 Å². The first-order valence-electron chi connectivity index (χ1n) is 6.28. The van der Waals surface area contributed by atoms with Gasteiger partial charge < -0.3 is 14.9 Å². The second-order valence-corrected chi connectivity index (χ2v) is 5.04. The Morgan fingerprint density at radius 2 is 2.11 bits per heavy atom. The zero-order valence-electron chi connectivity index (χ0n) is 10.7. The topological polar surface area (TPSA) is 66.8 Å². The molecule has 1 aromatic carbocycles. The summed E-state index contributed by atoms with van der Waals surface area (Å²) in [6.07, 6.45) is 1.39. The van der Waals surface area contributed by atoms with E-state index in [4.69, 9.17) is 9.84 Å². The summed E-state index contributed by atoms with van der Waals surface area (Å²) in [5.74, 6) is -1.23. The lowest BCUT2D eigenvalue weighted by Crippen LogP contribution is -2.10. The van der Waals surface area contributed by atoms with Gasteiger partial charge >= 0.3 is 5.97 Å². The van der Waals surface area contributed by atoms with Crippen molar-refractivity contribution < 1.29 is 19.7 Å². The van der Waals surface area contributed by atoms with Crippen LogP contribution in [0.4, 0.5) is 0 Å². The minimum Gasteiger partial charge on any atom is -0.479 e. The number of hydrogen-bond acceptors (Lipinski definition) is 3. The number of aliphatic hydroxyl groups is 1. The second kappa shape index (κ2) is 9.07. The van der Waals surface area contributed by atoms with Crippen LogP contribution in [0.2, 0.25) is 0 Å². The molecule has 1 aromatic rings. The van der Waals surface area contributed by atoms with Crippen molar-refractivity contribution in [3.05, 3.63) is 35.4 Å². The third-order valence-corrected chi connectivity index (χ3v) is 3.27. The number of aliphatic carboxylic acids is 1. The summed E-state index contributed by atoms with van der Waals surface area (Å²) < 4.78 is 5.49. The van der Waals surface area contributed by atoms with Gasteiger partial charge in [0.15, 0.2) is 6.10 Å². The molecule has 0 saturated heterocycles. The number of alkyl halides is 1. The Labute approximate surface area is 121 Å². The van der Waals surface area contributed by atoms with Gasteiger partial charge in [-0.25, -0.2) is 4.79 Å². The quantitative estimate of drug-likeness (QED) is 0.539. The fourth-order valence-corrected chi connectivity index (χ4v) is 2.05. The number of rotatable bonds is 9. The van der Waals surface area contributed by atoms with Crippen LogP contribution in [-0.4, -0.2) is 34.7 Å². The third kappa shape index (κ3) is 6.18. The summed E-state index contributed by atoms with van der Waals surface area (Å²) in [6.45, 7) is 1.35. The summed E-state index contributed by atoms with van der Waals surface area (Å²) in [6, 6.07) is 6.97. The van der Waals surface area contributed by atoms with Gasteiger partial charge in [-0.1, -0.05) is 40.2 Å². The smallest absolute Gasteiger partial charge is 0.337 e.